The molecule has 1 aromatic carbocycles. The van der Waals surface area contributed by atoms with Crippen LogP contribution in [0.3, 0.4) is 0 Å². The largest absolute Gasteiger partial charge is 0.486 e. The van der Waals surface area contributed by atoms with Gasteiger partial charge in [0, 0.05) is 13.0 Å². The van der Waals surface area contributed by atoms with Crippen molar-refractivity contribution in [2.45, 2.75) is 37.5 Å². The number of allylic oxidation sites excluding steroid dienone is 6. The van der Waals surface area contributed by atoms with Crippen LogP contribution in [0.15, 0.2) is 60.8 Å². The van der Waals surface area contributed by atoms with E-state index >= 15 is 0 Å². The molecular weight excluding hydrogens is 471 g/mol. The van der Waals surface area contributed by atoms with Crippen molar-refractivity contribution in [2.75, 3.05) is 13.1 Å². The van der Waals surface area contributed by atoms with Gasteiger partial charge in [-0.3, -0.25) is 0 Å². The monoisotopic (exact) mass is 497 g/mol. The van der Waals surface area contributed by atoms with Crippen molar-refractivity contribution in [3.8, 4) is 5.75 Å². The second-order valence-electron chi connectivity index (χ2n) is 8.82. The van der Waals surface area contributed by atoms with Crippen LogP contribution in [0, 0.1) is 0 Å². The first-order chi connectivity index (χ1) is 17.4. The molecule has 8 nitrogen and oxygen atoms in total. The number of ether oxygens (including phenoxy) is 1. The molecule has 1 aliphatic carbocycles. The molecule has 1 fully saturated rings. The maximum Gasteiger partial charge on any atom is 0.416 e. The Labute approximate surface area is 206 Å². The molecule has 11 heteroatoms. The number of rotatable bonds is 6. The van der Waals surface area contributed by atoms with Crippen LogP contribution in [0.4, 0.5) is 13.2 Å². The van der Waals surface area contributed by atoms with Gasteiger partial charge in [0.2, 0.25) is 0 Å². The molecule has 2 aliphatic rings. The lowest BCUT2D eigenvalue weighted by Gasteiger charge is -2.20. The maximum absolute atomic E-state index is 12.9. The fraction of sp³-hybridized carbons (Fsp3) is 0.360. The Balaban J connectivity index is 1.25. The van der Waals surface area contributed by atoms with Crippen molar-refractivity contribution in [1.29, 1.82) is 0 Å². The summed E-state index contributed by atoms with van der Waals surface area (Å²) in [5.74, 6) is 1.59. The van der Waals surface area contributed by atoms with E-state index in [0.29, 0.717) is 17.6 Å². The van der Waals surface area contributed by atoms with Crippen LogP contribution in [0.25, 0.3) is 5.70 Å². The van der Waals surface area contributed by atoms with Gasteiger partial charge in [0.15, 0.2) is 5.82 Å². The van der Waals surface area contributed by atoms with Gasteiger partial charge in [-0.05, 0) is 56.3 Å². The molecule has 1 unspecified atom stereocenters. The first-order valence-corrected chi connectivity index (χ1v) is 11.8. The predicted molar refractivity (Wildman–Crippen MR) is 127 cm³/mol. The average molecular weight is 498 g/mol. The van der Waals surface area contributed by atoms with Crippen LogP contribution in [0.5, 0.6) is 5.75 Å². The number of nitrogens with zero attached hydrogens (tertiary/aromatic N) is 6. The van der Waals surface area contributed by atoms with Gasteiger partial charge in [0.1, 0.15) is 18.2 Å². The molecule has 1 saturated heterocycles. The number of alkyl halides is 3. The van der Waals surface area contributed by atoms with Crippen molar-refractivity contribution < 1.29 is 17.9 Å². The van der Waals surface area contributed by atoms with Gasteiger partial charge in [-0.15, -0.1) is 15.3 Å². The zero-order valence-electron chi connectivity index (χ0n) is 19.7. The van der Waals surface area contributed by atoms with E-state index < -0.39 is 11.7 Å². The zero-order chi connectivity index (χ0) is 25.1. The molecule has 188 valence electrons. The quantitative estimate of drug-likeness (QED) is 0.549. The predicted octanol–water partition coefficient (Wildman–Crippen LogP) is 4.22. The van der Waals surface area contributed by atoms with Gasteiger partial charge >= 0.3 is 6.18 Å². The van der Waals surface area contributed by atoms with E-state index in [0.717, 1.165) is 49.5 Å². The van der Waals surface area contributed by atoms with Crippen molar-refractivity contribution in [3.05, 3.63) is 83.7 Å². The third-order valence-electron chi connectivity index (χ3n) is 6.42. The minimum absolute atomic E-state index is 0.00706. The van der Waals surface area contributed by atoms with Crippen LogP contribution in [-0.4, -0.2) is 42.8 Å². The summed E-state index contributed by atoms with van der Waals surface area (Å²) in [5, 5.41) is 20.6. The molecule has 1 aliphatic heterocycles. The van der Waals surface area contributed by atoms with E-state index in [1.54, 1.807) is 9.25 Å². The minimum Gasteiger partial charge on any atom is -0.486 e. The minimum atomic E-state index is -4.43. The van der Waals surface area contributed by atoms with E-state index in [2.05, 4.69) is 25.8 Å². The van der Waals surface area contributed by atoms with Gasteiger partial charge in [0.05, 0.1) is 29.1 Å². The van der Waals surface area contributed by atoms with Crippen LogP contribution >= 0.6 is 0 Å². The lowest BCUT2D eigenvalue weighted by atomic mass is 9.95. The lowest BCUT2D eigenvalue weighted by molar-refractivity contribution is -0.137. The summed E-state index contributed by atoms with van der Waals surface area (Å²) in [4.78, 5) is 0. The molecular formula is C25H26F3N7O. The normalized spacial score (nSPS) is 18.8. The number of nitrogens with one attached hydrogen (secondary N) is 1. The Morgan fingerprint density at radius 1 is 1.11 bits per heavy atom. The maximum atomic E-state index is 12.9. The third kappa shape index (κ3) is 5.25. The Hall–Kier alpha value is -3.73. The summed E-state index contributed by atoms with van der Waals surface area (Å²) in [6, 6.07) is 4.78. The van der Waals surface area contributed by atoms with Gasteiger partial charge in [-0.2, -0.15) is 13.2 Å². The Morgan fingerprint density at radius 2 is 1.94 bits per heavy atom. The van der Waals surface area contributed by atoms with Crippen LogP contribution in [-0.2, 0) is 19.8 Å². The molecule has 3 heterocycles. The van der Waals surface area contributed by atoms with Crippen molar-refractivity contribution >= 4 is 5.70 Å². The number of benzene rings is 1. The molecule has 0 bridgehead atoms. The highest BCUT2D eigenvalue weighted by Crippen LogP contribution is 2.31. The smallest absolute Gasteiger partial charge is 0.416 e. The summed E-state index contributed by atoms with van der Waals surface area (Å²) in [6.07, 6.45) is 9.56. The average Bonchev–Trinajstić information content (AvgIpc) is 3.43. The SMILES string of the molecule is Cn1c(COc2cccc(C(F)(F)F)c2)nnc1C1C=CC=C(n2cc(C3CCNCC3)nn2)C=C1. The molecule has 2 aromatic heterocycles. The fourth-order valence-electron chi connectivity index (χ4n) is 4.33. The second-order valence-corrected chi connectivity index (χ2v) is 8.82. The Kier molecular flexibility index (Phi) is 6.73. The van der Waals surface area contributed by atoms with Gasteiger partial charge in [0.25, 0.3) is 0 Å². The van der Waals surface area contributed by atoms with E-state index in [4.69, 9.17) is 4.74 Å². The number of hydrogen-bond acceptors (Lipinski definition) is 6. The Morgan fingerprint density at radius 3 is 2.75 bits per heavy atom. The lowest BCUT2D eigenvalue weighted by Crippen LogP contribution is -2.26. The van der Waals surface area contributed by atoms with Gasteiger partial charge in [-0.25, -0.2) is 4.68 Å². The summed E-state index contributed by atoms with van der Waals surface area (Å²) in [7, 11) is 1.81. The van der Waals surface area contributed by atoms with Crippen LogP contribution in [0.1, 0.15) is 47.6 Å². The molecule has 0 saturated carbocycles. The third-order valence-corrected chi connectivity index (χ3v) is 6.42. The fourth-order valence-corrected chi connectivity index (χ4v) is 4.33. The van der Waals surface area contributed by atoms with Crippen LogP contribution in [0.2, 0.25) is 0 Å². The summed E-state index contributed by atoms with van der Waals surface area (Å²) >= 11 is 0. The van der Waals surface area contributed by atoms with Crippen LogP contribution < -0.4 is 10.1 Å². The number of halogens is 3. The molecule has 0 radical (unpaired) electrons. The topological polar surface area (TPSA) is 82.7 Å². The standard InChI is InChI=1S/C25H26F3N7O/c1-34-23(16-36-21-7-3-5-19(14-21)25(26,27)28)31-32-24(34)18-4-2-6-20(9-8-18)35-15-22(30-33-35)17-10-12-29-13-11-17/h2-9,14-15,17-18,29H,10-13,16H2,1H3. The molecule has 3 aromatic rings. The van der Waals surface area contributed by atoms with E-state index in [9.17, 15) is 13.2 Å². The van der Waals surface area contributed by atoms with Crippen molar-refractivity contribution in [3.63, 3.8) is 0 Å². The molecule has 1 N–H and O–H groups in total. The van der Waals surface area contributed by atoms with Crippen molar-refractivity contribution in [2.24, 2.45) is 7.05 Å². The highest BCUT2D eigenvalue weighted by Gasteiger charge is 2.30. The second kappa shape index (κ2) is 10.1. The number of hydrogen-bond donors (Lipinski definition) is 1. The summed E-state index contributed by atoms with van der Waals surface area (Å²) < 4.78 is 48.0. The molecule has 5 rings (SSSR count). The van der Waals surface area contributed by atoms with Gasteiger partial charge < -0.3 is 14.6 Å². The zero-order valence-corrected chi connectivity index (χ0v) is 19.7. The van der Waals surface area contributed by atoms with E-state index in [-0.39, 0.29) is 18.3 Å². The van der Waals surface area contributed by atoms with Gasteiger partial charge in [-0.1, -0.05) is 29.5 Å². The van der Waals surface area contributed by atoms with E-state index in [1.807, 2.05) is 43.6 Å². The molecule has 1 atom stereocenters. The molecule has 0 amide bonds. The number of aromatic nitrogens is 6. The van der Waals surface area contributed by atoms with E-state index in [1.165, 1.54) is 12.1 Å². The highest BCUT2D eigenvalue weighted by molar-refractivity contribution is 5.60. The number of piperidine rings is 1. The summed E-state index contributed by atoms with van der Waals surface area (Å²) in [6.45, 7) is 1.98. The first-order valence-electron chi connectivity index (χ1n) is 11.8. The van der Waals surface area contributed by atoms with Crippen molar-refractivity contribution in [1.82, 2.24) is 35.1 Å². The Bertz CT molecular complexity index is 1300. The summed E-state index contributed by atoms with van der Waals surface area (Å²) in [5.41, 5.74) is 1.14. The highest BCUT2D eigenvalue weighted by atomic mass is 19.4. The first kappa shape index (κ1) is 24.0. The molecule has 0 spiro atoms. The molecule has 36 heavy (non-hydrogen) atoms.